The van der Waals surface area contributed by atoms with Crippen LogP contribution in [0.15, 0.2) is 58.4 Å². The highest BCUT2D eigenvalue weighted by Gasteiger charge is 2.23. The van der Waals surface area contributed by atoms with Crippen molar-refractivity contribution in [2.45, 2.75) is 26.9 Å². The van der Waals surface area contributed by atoms with E-state index in [-0.39, 0.29) is 18.6 Å². The number of carbonyl (C=O) groups excluding carboxylic acids is 2. The molecule has 1 heterocycles. The Bertz CT molecular complexity index is 965. The molecule has 1 aliphatic rings. The maximum absolute atomic E-state index is 12.2. The number of rotatable bonds is 6. The van der Waals surface area contributed by atoms with Gasteiger partial charge in [0.1, 0.15) is 5.75 Å². The smallest absolute Gasteiger partial charge is 0.344 e. The molecular formula is C22H22N2O4S. The fraction of sp³-hybridized carbons (Fsp3) is 0.227. The summed E-state index contributed by atoms with van der Waals surface area (Å²) in [6, 6.07) is 14.9. The van der Waals surface area contributed by atoms with Gasteiger partial charge in [-0.3, -0.25) is 4.79 Å². The van der Waals surface area contributed by atoms with E-state index in [0.717, 1.165) is 16.8 Å². The third-order valence-corrected chi connectivity index (χ3v) is 4.69. The predicted molar refractivity (Wildman–Crippen MR) is 115 cm³/mol. The van der Waals surface area contributed by atoms with Crippen molar-refractivity contribution in [1.82, 2.24) is 5.32 Å². The number of aliphatic imine (C=N–C) groups is 1. The van der Waals surface area contributed by atoms with Crippen molar-refractivity contribution in [3.63, 3.8) is 0 Å². The summed E-state index contributed by atoms with van der Waals surface area (Å²) in [5, 5.41) is 3.33. The van der Waals surface area contributed by atoms with E-state index in [1.165, 1.54) is 11.8 Å². The Morgan fingerprint density at radius 2 is 1.97 bits per heavy atom. The largest absolute Gasteiger partial charge is 0.482 e. The molecule has 3 rings (SSSR count). The Labute approximate surface area is 174 Å². The summed E-state index contributed by atoms with van der Waals surface area (Å²) in [4.78, 5) is 28.8. The zero-order valence-corrected chi connectivity index (χ0v) is 17.3. The summed E-state index contributed by atoms with van der Waals surface area (Å²) in [7, 11) is 0. The SMILES string of the molecule is Cc1cccc(N=C2NC(=O)/C(=C/c3ccc(OCC(=O)OC(C)C)cc3)S2)c1. The van der Waals surface area contributed by atoms with E-state index in [4.69, 9.17) is 9.47 Å². The first-order chi connectivity index (χ1) is 13.9. The number of ether oxygens (including phenoxy) is 2. The third-order valence-electron chi connectivity index (χ3n) is 3.78. The molecule has 1 amide bonds. The van der Waals surface area contributed by atoms with Crippen LogP contribution in [-0.2, 0) is 14.3 Å². The molecule has 0 spiro atoms. The topological polar surface area (TPSA) is 77.0 Å². The number of hydrogen-bond acceptors (Lipinski definition) is 6. The van der Waals surface area contributed by atoms with Gasteiger partial charge >= 0.3 is 5.97 Å². The van der Waals surface area contributed by atoms with Gasteiger partial charge in [-0.1, -0.05) is 24.3 Å². The average Bonchev–Trinajstić information content (AvgIpc) is 2.99. The number of esters is 1. The van der Waals surface area contributed by atoms with Crippen LogP contribution in [0.1, 0.15) is 25.0 Å². The fourth-order valence-corrected chi connectivity index (χ4v) is 3.39. The van der Waals surface area contributed by atoms with Crippen molar-refractivity contribution in [1.29, 1.82) is 0 Å². The second-order valence-electron chi connectivity index (χ2n) is 6.72. The lowest BCUT2D eigenvalue weighted by Crippen LogP contribution is -2.19. The van der Waals surface area contributed by atoms with Gasteiger partial charge in [0.15, 0.2) is 11.8 Å². The number of amidine groups is 1. The predicted octanol–water partition coefficient (Wildman–Crippen LogP) is 4.22. The molecule has 0 atom stereocenters. The van der Waals surface area contributed by atoms with Crippen molar-refractivity contribution >= 4 is 40.6 Å². The van der Waals surface area contributed by atoms with Crippen LogP contribution in [0.2, 0.25) is 0 Å². The van der Waals surface area contributed by atoms with Gasteiger partial charge in [0, 0.05) is 0 Å². The molecule has 150 valence electrons. The molecule has 7 heteroatoms. The second-order valence-corrected chi connectivity index (χ2v) is 7.75. The van der Waals surface area contributed by atoms with Crippen LogP contribution in [0.3, 0.4) is 0 Å². The van der Waals surface area contributed by atoms with Gasteiger partial charge in [-0.15, -0.1) is 0 Å². The summed E-state index contributed by atoms with van der Waals surface area (Å²) >= 11 is 1.30. The van der Waals surface area contributed by atoms with Gasteiger partial charge in [-0.25, -0.2) is 9.79 Å². The summed E-state index contributed by atoms with van der Waals surface area (Å²) in [6.07, 6.45) is 1.62. The summed E-state index contributed by atoms with van der Waals surface area (Å²) in [6.45, 7) is 5.43. The Hall–Kier alpha value is -3.06. The zero-order chi connectivity index (χ0) is 20.8. The highest BCUT2D eigenvalue weighted by molar-refractivity contribution is 8.18. The van der Waals surface area contributed by atoms with Gasteiger partial charge < -0.3 is 14.8 Å². The maximum atomic E-state index is 12.2. The number of aryl methyl sites for hydroxylation is 1. The first-order valence-electron chi connectivity index (χ1n) is 9.17. The number of hydrogen-bond donors (Lipinski definition) is 1. The van der Waals surface area contributed by atoms with Gasteiger partial charge in [-0.2, -0.15) is 0 Å². The van der Waals surface area contributed by atoms with E-state index < -0.39 is 5.97 Å². The highest BCUT2D eigenvalue weighted by atomic mass is 32.2. The first kappa shape index (κ1) is 20.7. The summed E-state index contributed by atoms with van der Waals surface area (Å²) < 4.78 is 10.4. The number of nitrogens with zero attached hydrogens (tertiary/aromatic N) is 1. The van der Waals surface area contributed by atoms with E-state index in [1.54, 1.807) is 32.1 Å². The van der Waals surface area contributed by atoms with Crippen LogP contribution >= 0.6 is 11.8 Å². The van der Waals surface area contributed by atoms with Gasteiger partial charge in [0.2, 0.25) is 0 Å². The van der Waals surface area contributed by atoms with E-state index in [2.05, 4.69) is 10.3 Å². The summed E-state index contributed by atoms with van der Waals surface area (Å²) in [5.74, 6) is -0.0399. The van der Waals surface area contributed by atoms with Crippen LogP contribution < -0.4 is 10.1 Å². The van der Waals surface area contributed by atoms with E-state index >= 15 is 0 Å². The van der Waals surface area contributed by atoms with E-state index in [1.807, 2.05) is 43.3 Å². The Morgan fingerprint density at radius 3 is 2.66 bits per heavy atom. The van der Waals surface area contributed by atoms with Crippen LogP contribution in [0.25, 0.3) is 6.08 Å². The molecule has 0 saturated carbocycles. The number of thioether (sulfide) groups is 1. The molecule has 0 unspecified atom stereocenters. The van der Waals surface area contributed by atoms with E-state index in [0.29, 0.717) is 15.8 Å². The van der Waals surface area contributed by atoms with Gasteiger partial charge in [0.05, 0.1) is 16.7 Å². The molecule has 29 heavy (non-hydrogen) atoms. The first-order valence-corrected chi connectivity index (χ1v) is 9.99. The normalized spacial score (nSPS) is 16.3. The number of carbonyl (C=O) groups is 2. The Morgan fingerprint density at radius 1 is 1.21 bits per heavy atom. The van der Waals surface area contributed by atoms with Crippen molar-refractivity contribution in [2.24, 2.45) is 4.99 Å². The van der Waals surface area contributed by atoms with Crippen molar-refractivity contribution < 1.29 is 19.1 Å². The Balaban J connectivity index is 1.62. The maximum Gasteiger partial charge on any atom is 0.344 e. The van der Waals surface area contributed by atoms with Crippen LogP contribution in [0.4, 0.5) is 5.69 Å². The summed E-state index contributed by atoms with van der Waals surface area (Å²) in [5.41, 5.74) is 2.75. The van der Waals surface area contributed by atoms with E-state index in [9.17, 15) is 9.59 Å². The minimum Gasteiger partial charge on any atom is -0.482 e. The number of benzene rings is 2. The molecule has 1 N–H and O–H groups in total. The van der Waals surface area contributed by atoms with Crippen LogP contribution in [0.5, 0.6) is 5.75 Å². The quantitative estimate of drug-likeness (QED) is 0.570. The minimum absolute atomic E-state index is 0.143. The van der Waals surface area contributed by atoms with Crippen molar-refractivity contribution in [2.75, 3.05) is 6.61 Å². The van der Waals surface area contributed by atoms with Crippen LogP contribution in [-0.4, -0.2) is 29.8 Å². The fourth-order valence-electron chi connectivity index (χ4n) is 2.55. The van der Waals surface area contributed by atoms with Gasteiger partial charge in [-0.05, 0) is 74.0 Å². The molecule has 2 aromatic rings. The molecule has 0 aromatic heterocycles. The molecule has 6 nitrogen and oxygen atoms in total. The lowest BCUT2D eigenvalue weighted by molar-refractivity contribution is -0.149. The second kappa shape index (κ2) is 9.43. The van der Waals surface area contributed by atoms with Crippen molar-refractivity contribution in [3.8, 4) is 5.75 Å². The molecule has 0 radical (unpaired) electrons. The molecule has 2 aromatic carbocycles. The molecule has 1 aliphatic heterocycles. The lowest BCUT2D eigenvalue weighted by atomic mass is 10.2. The number of amides is 1. The van der Waals surface area contributed by atoms with Crippen molar-refractivity contribution in [3.05, 3.63) is 64.6 Å². The average molecular weight is 410 g/mol. The monoisotopic (exact) mass is 410 g/mol. The molecule has 1 fully saturated rings. The zero-order valence-electron chi connectivity index (χ0n) is 16.5. The van der Waals surface area contributed by atoms with Crippen LogP contribution in [0, 0.1) is 6.92 Å². The lowest BCUT2D eigenvalue weighted by Gasteiger charge is -2.09. The highest BCUT2D eigenvalue weighted by Crippen LogP contribution is 2.28. The molecular weight excluding hydrogens is 388 g/mol. The number of nitrogens with one attached hydrogen (secondary N) is 1. The standard InChI is InChI=1S/C22H22N2O4S/c1-14(2)28-20(25)13-27-18-9-7-16(8-10-18)12-19-21(26)24-22(29-19)23-17-6-4-5-15(3)11-17/h4-12,14H,13H2,1-3H3,(H,23,24,26)/b19-12-. The molecule has 0 bridgehead atoms. The molecule has 1 saturated heterocycles. The third kappa shape index (κ3) is 6.22. The minimum atomic E-state index is -0.411. The van der Waals surface area contributed by atoms with Gasteiger partial charge in [0.25, 0.3) is 5.91 Å². The Kier molecular flexibility index (Phi) is 6.72. The molecule has 0 aliphatic carbocycles.